The second-order valence-corrected chi connectivity index (χ2v) is 9.54. The van der Waals surface area contributed by atoms with Crippen LogP contribution in [0.25, 0.3) is 0 Å². The van der Waals surface area contributed by atoms with E-state index in [0.717, 1.165) is 54.0 Å². The molecule has 2 aliphatic heterocycles. The van der Waals surface area contributed by atoms with Crippen LogP contribution in [0.3, 0.4) is 0 Å². The molecule has 4 rings (SSSR count). The number of amides is 1. The van der Waals surface area contributed by atoms with Gasteiger partial charge in [-0.25, -0.2) is 4.98 Å². The minimum atomic E-state index is 0.165. The summed E-state index contributed by atoms with van der Waals surface area (Å²) in [6.07, 6.45) is 7.31. The zero-order valence-electron chi connectivity index (χ0n) is 19.4. The summed E-state index contributed by atoms with van der Waals surface area (Å²) < 4.78 is 8.26. The molecule has 1 amide bonds. The number of halogens is 1. The summed E-state index contributed by atoms with van der Waals surface area (Å²) in [5, 5.41) is 11.4. The maximum Gasteiger partial charge on any atom is 0.229 e. The number of carbonyl (C=O) groups is 1. The number of hydrogen-bond donors (Lipinski definition) is 2. The summed E-state index contributed by atoms with van der Waals surface area (Å²) in [4.78, 5) is 25.3. The van der Waals surface area contributed by atoms with Crippen molar-refractivity contribution in [3.63, 3.8) is 0 Å². The molecule has 0 aromatic carbocycles. The van der Waals surface area contributed by atoms with E-state index in [4.69, 9.17) is 9.84 Å². The second kappa shape index (κ2) is 11.3. The SMILES string of the molecule is Cc1nn(C2CCN(C)CC2)cc1Nc1ncc(Br)c(NCCCN2CCOCCC2=O)n1. The Hall–Kier alpha value is -2.24. The van der Waals surface area contributed by atoms with Crippen molar-refractivity contribution in [3.8, 4) is 0 Å². The Morgan fingerprint density at radius 2 is 2.06 bits per heavy atom. The summed E-state index contributed by atoms with van der Waals surface area (Å²) in [5.74, 6) is 1.41. The Balaban J connectivity index is 1.32. The van der Waals surface area contributed by atoms with E-state index in [-0.39, 0.29) is 5.91 Å². The van der Waals surface area contributed by atoms with Gasteiger partial charge in [-0.05, 0) is 62.3 Å². The predicted octanol–water partition coefficient (Wildman–Crippen LogP) is 2.81. The molecule has 4 heterocycles. The first-order valence-electron chi connectivity index (χ1n) is 11.6. The van der Waals surface area contributed by atoms with Crippen LogP contribution in [0.1, 0.15) is 37.4 Å². The van der Waals surface area contributed by atoms with Crippen molar-refractivity contribution in [3.05, 3.63) is 22.6 Å². The van der Waals surface area contributed by atoms with Gasteiger partial charge in [-0.15, -0.1) is 0 Å². The summed E-state index contributed by atoms with van der Waals surface area (Å²) in [5.41, 5.74) is 1.85. The van der Waals surface area contributed by atoms with Gasteiger partial charge in [-0.1, -0.05) is 0 Å². The Bertz CT molecular complexity index is 944. The van der Waals surface area contributed by atoms with Crippen LogP contribution in [0.2, 0.25) is 0 Å². The first kappa shape index (κ1) is 23.9. The topological polar surface area (TPSA) is 100 Å². The Labute approximate surface area is 203 Å². The van der Waals surface area contributed by atoms with Gasteiger partial charge < -0.3 is 25.2 Å². The molecule has 0 bridgehead atoms. The first-order valence-corrected chi connectivity index (χ1v) is 12.4. The molecule has 180 valence electrons. The standard InChI is InChI=1S/C22H33BrN8O2/c1-16-19(15-31(28-16)17-4-9-29(2)10-5-17)26-22-25-14-18(23)21(27-22)24-7-3-8-30-11-13-33-12-6-20(30)32/h14-15,17H,3-13H2,1-2H3,(H2,24,25,26,27). The van der Waals surface area contributed by atoms with E-state index < -0.39 is 0 Å². The molecule has 2 aromatic heterocycles. The Kier molecular flexibility index (Phi) is 8.15. The van der Waals surface area contributed by atoms with Gasteiger partial charge in [0.25, 0.3) is 0 Å². The van der Waals surface area contributed by atoms with Crippen LogP contribution in [0.5, 0.6) is 0 Å². The largest absolute Gasteiger partial charge is 0.379 e. The van der Waals surface area contributed by atoms with Gasteiger partial charge in [-0.3, -0.25) is 9.48 Å². The maximum atomic E-state index is 12.1. The molecule has 0 spiro atoms. The van der Waals surface area contributed by atoms with Crippen LogP contribution >= 0.6 is 15.9 Å². The van der Waals surface area contributed by atoms with Crippen LogP contribution in [0.4, 0.5) is 17.5 Å². The van der Waals surface area contributed by atoms with Crippen molar-refractivity contribution in [2.75, 3.05) is 63.6 Å². The monoisotopic (exact) mass is 520 g/mol. The lowest BCUT2D eigenvalue weighted by Crippen LogP contribution is -2.33. The molecule has 33 heavy (non-hydrogen) atoms. The molecule has 2 saturated heterocycles. The third-order valence-electron chi connectivity index (χ3n) is 6.19. The lowest BCUT2D eigenvalue weighted by atomic mass is 10.1. The lowest BCUT2D eigenvalue weighted by Gasteiger charge is -2.28. The van der Waals surface area contributed by atoms with Gasteiger partial charge in [0.1, 0.15) is 5.82 Å². The highest BCUT2D eigenvalue weighted by Gasteiger charge is 2.20. The van der Waals surface area contributed by atoms with E-state index in [9.17, 15) is 4.79 Å². The fourth-order valence-electron chi connectivity index (χ4n) is 4.15. The van der Waals surface area contributed by atoms with Crippen molar-refractivity contribution in [1.29, 1.82) is 0 Å². The summed E-state index contributed by atoms with van der Waals surface area (Å²) in [7, 11) is 2.16. The smallest absolute Gasteiger partial charge is 0.229 e. The van der Waals surface area contributed by atoms with E-state index in [1.165, 1.54) is 0 Å². The molecule has 10 nitrogen and oxygen atoms in total. The molecule has 0 aliphatic carbocycles. The molecular weight excluding hydrogens is 488 g/mol. The average Bonchev–Trinajstić information content (AvgIpc) is 3.03. The summed E-state index contributed by atoms with van der Waals surface area (Å²) in [6.45, 7) is 7.39. The average molecular weight is 521 g/mol. The number of hydrogen-bond acceptors (Lipinski definition) is 8. The van der Waals surface area contributed by atoms with Gasteiger partial charge in [0.2, 0.25) is 11.9 Å². The molecule has 0 radical (unpaired) electrons. The molecule has 2 N–H and O–H groups in total. The number of anilines is 3. The Morgan fingerprint density at radius 1 is 1.24 bits per heavy atom. The highest BCUT2D eigenvalue weighted by molar-refractivity contribution is 9.10. The summed E-state index contributed by atoms with van der Waals surface area (Å²) in [6, 6.07) is 0.432. The Morgan fingerprint density at radius 3 is 2.88 bits per heavy atom. The quantitative estimate of drug-likeness (QED) is 0.512. The van der Waals surface area contributed by atoms with Crippen molar-refractivity contribution >= 4 is 39.3 Å². The molecule has 0 saturated carbocycles. The van der Waals surface area contributed by atoms with Gasteiger partial charge in [-0.2, -0.15) is 10.1 Å². The number of nitrogens with zero attached hydrogens (tertiary/aromatic N) is 6. The number of carbonyl (C=O) groups excluding carboxylic acids is 1. The number of aromatic nitrogens is 4. The zero-order chi connectivity index (χ0) is 23.2. The fraction of sp³-hybridized carbons (Fsp3) is 0.636. The number of likely N-dealkylation sites (tertiary alicyclic amines) is 1. The second-order valence-electron chi connectivity index (χ2n) is 8.68. The first-order chi connectivity index (χ1) is 16.0. The van der Waals surface area contributed by atoms with Crippen molar-refractivity contribution in [2.45, 2.75) is 38.6 Å². The highest BCUT2D eigenvalue weighted by Crippen LogP contribution is 2.26. The fourth-order valence-corrected chi connectivity index (χ4v) is 4.49. The number of rotatable bonds is 8. The molecule has 2 aliphatic rings. The third-order valence-corrected chi connectivity index (χ3v) is 6.77. The number of piperidine rings is 1. The van der Waals surface area contributed by atoms with Crippen molar-refractivity contribution < 1.29 is 9.53 Å². The maximum absolute atomic E-state index is 12.1. The summed E-state index contributed by atoms with van der Waals surface area (Å²) >= 11 is 3.52. The minimum Gasteiger partial charge on any atom is -0.379 e. The molecule has 0 unspecified atom stereocenters. The van der Waals surface area contributed by atoms with Crippen molar-refractivity contribution in [1.82, 2.24) is 29.5 Å². The van der Waals surface area contributed by atoms with Gasteiger partial charge in [0.15, 0.2) is 0 Å². The highest BCUT2D eigenvalue weighted by atomic mass is 79.9. The molecule has 2 aromatic rings. The van der Waals surface area contributed by atoms with E-state index in [1.807, 2.05) is 11.8 Å². The minimum absolute atomic E-state index is 0.165. The van der Waals surface area contributed by atoms with Gasteiger partial charge in [0, 0.05) is 32.0 Å². The molecule has 0 atom stereocenters. The number of ether oxygens (including phenoxy) is 1. The predicted molar refractivity (Wildman–Crippen MR) is 131 cm³/mol. The third kappa shape index (κ3) is 6.42. The van der Waals surface area contributed by atoms with Crippen LogP contribution in [-0.2, 0) is 9.53 Å². The van der Waals surface area contributed by atoms with Gasteiger partial charge in [0.05, 0.1) is 41.5 Å². The van der Waals surface area contributed by atoms with Crippen LogP contribution in [0.15, 0.2) is 16.9 Å². The molecule has 2 fully saturated rings. The molecular formula is C22H33BrN8O2. The number of aryl methyl sites for hydroxylation is 1. The normalized spacial score (nSPS) is 18.4. The van der Waals surface area contributed by atoms with Crippen LogP contribution in [-0.4, -0.2) is 88.4 Å². The van der Waals surface area contributed by atoms with Gasteiger partial charge >= 0.3 is 0 Å². The lowest BCUT2D eigenvalue weighted by molar-refractivity contribution is -0.130. The van der Waals surface area contributed by atoms with Crippen molar-refractivity contribution in [2.24, 2.45) is 0 Å². The van der Waals surface area contributed by atoms with E-state index in [1.54, 1.807) is 6.20 Å². The van der Waals surface area contributed by atoms with E-state index in [2.05, 4.69) is 59.4 Å². The molecule has 11 heteroatoms. The van der Waals surface area contributed by atoms with Crippen LogP contribution in [0, 0.1) is 6.92 Å². The van der Waals surface area contributed by atoms with E-state index >= 15 is 0 Å². The zero-order valence-corrected chi connectivity index (χ0v) is 21.0. The van der Waals surface area contributed by atoms with Crippen LogP contribution < -0.4 is 10.6 Å². The number of nitrogens with one attached hydrogen (secondary N) is 2. The van der Waals surface area contributed by atoms with E-state index in [0.29, 0.717) is 51.3 Å².